The zero-order valence-corrected chi connectivity index (χ0v) is 21.3. The fourth-order valence-electron chi connectivity index (χ4n) is 5.42. The third kappa shape index (κ3) is 4.78. The Labute approximate surface area is 211 Å². The van der Waals surface area contributed by atoms with Gasteiger partial charge in [0.25, 0.3) is 0 Å². The summed E-state index contributed by atoms with van der Waals surface area (Å²) in [5.74, 6) is 0.942. The fraction of sp³-hybridized carbons (Fsp3) is 0.429. The predicted octanol–water partition coefficient (Wildman–Crippen LogP) is 3.73. The van der Waals surface area contributed by atoms with E-state index >= 15 is 0 Å². The van der Waals surface area contributed by atoms with Crippen LogP contribution in [0.2, 0.25) is 0 Å². The van der Waals surface area contributed by atoms with Crippen molar-refractivity contribution in [2.24, 2.45) is 0 Å². The number of pyridine rings is 2. The first-order valence-corrected chi connectivity index (χ1v) is 12.7. The summed E-state index contributed by atoms with van der Waals surface area (Å²) in [5.41, 5.74) is 4.68. The molecule has 1 atom stereocenters. The summed E-state index contributed by atoms with van der Waals surface area (Å²) in [6.07, 6.45) is 4.22. The molecule has 1 N–H and O–H groups in total. The van der Waals surface area contributed by atoms with Gasteiger partial charge in [-0.05, 0) is 57.0 Å². The SMILES string of the molecule is CCn1c(CCC(=O)N(C)C[C@]2(O)CCCN(c3ccnc4ccc(C)nc34)C2)nc2ccccc21. The summed E-state index contributed by atoms with van der Waals surface area (Å²) >= 11 is 0. The molecular weight excluding hydrogens is 452 g/mol. The van der Waals surface area contributed by atoms with Crippen molar-refractivity contribution in [3.8, 4) is 0 Å². The third-order valence-electron chi connectivity index (χ3n) is 7.17. The van der Waals surface area contributed by atoms with Crippen LogP contribution in [0.3, 0.4) is 0 Å². The van der Waals surface area contributed by atoms with Crippen molar-refractivity contribution in [1.82, 2.24) is 24.4 Å². The minimum absolute atomic E-state index is 0.0157. The number of hydrogen-bond acceptors (Lipinski definition) is 6. The summed E-state index contributed by atoms with van der Waals surface area (Å²) in [7, 11) is 1.79. The monoisotopic (exact) mass is 486 g/mol. The smallest absolute Gasteiger partial charge is 0.222 e. The van der Waals surface area contributed by atoms with Crippen LogP contribution in [0.4, 0.5) is 5.69 Å². The number of rotatable bonds is 7. The van der Waals surface area contributed by atoms with Crippen LogP contribution in [0, 0.1) is 6.92 Å². The number of fused-ring (bicyclic) bond motifs is 2. The maximum absolute atomic E-state index is 13.1. The molecule has 0 aliphatic carbocycles. The number of anilines is 1. The molecule has 0 spiro atoms. The molecule has 3 aromatic heterocycles. The number of nitrogens with zero attached hydrogens (tertiary/aromatic N) is 6. The van der Waals surface area contributed by atoms with Crippen molar-refractivity contribution in [3.63, 3.8) is 0 Å². The number of piperidine rings is 1. The zero-order chi connectivity index (χ0) is 25.3. The first-order chi connectivity index (χ1) is 17.4. The molecule has 1 fully saturated rings. The van der Waals surface area contributed by atoms with Gasteiger partial charge in [-0.1, -0.05) is 12.1 Å². The second-order valence-electron chi connectivity index (χ2n) is 9.91. The van der Waals surface area contributed by atoms with Gasteiger partial charge in [-0.3, -0.25) is 9.78 Å². The highest BCUT2D eigenvalue weighted by Crippen LogP contribution is 2.30. The standard InChI is InChI=1S/C28H34N6O2/c1-4-34-23-9-6-5-8-21(23)31-25(34)12-13-26(35)32(3)18-28(36)15-7-17-33(19-28)24-14-16-29-22-11-10-20(2)30-27(22)24/h5-6,8-11,14,16,36H,4,7,12-13,15,17-19H2,1-3H3/t28-/m1/s1. The molecule has 8 heteroatoms. The minimum Gasteiger partial charge on any atom is -0.386 e. The first-order valence-electron chi connectivity index (χ1n) is 12.7. The maximum Gasteiger partial charge on any atom is 0.222 e. The Kier molecular flexibility index (Phi) is 6.62. The normalized spacial score (nSPS) is 18.2. The van der Waals surface area contributed by atoms with E-state index in [1.807, 2.05) is 43.3 Å². The molecule has 1 amide bonds. The van der Waals surface area contributed by atoms with Crippen LogP contribution in [0.5, 0.6) is 0 Å². The van der Waals surface area contributed by atoms with Crippen molar-refractivity contribution in [3.05, 3.63) is 60.2 Å². The fourth-order valence-corrected chi connectivity index (χ4v) is 5.42. The molecule has 1 aromatic carbocycles. The number of β-amino-alcohol motifs (C(OH)–C–C–N with tert-alkyl or cyclic N) is 1. The molecule has 4 aromatic rings. The highest BCUT2D eigenvalue weighted by atomic mass is 16.3. The van der Waals surface area contributed by atoms with E-state index < -0.39 is 5.60 Å². The van der Waals surface area contributed by atoms with Gasteiger partial charge in [0.2, 0.25) is 5.91 Å². The molecule has 1 saturated heterocycles. The first kappa shape index (κ1) is 24.2. The van der Waals surface area contributed by atoms with E-state index in [9.17, 15) is 9.90 Å². The Bertz CT molecular complexity index is 1400. The number of aromatic nitrogens is 4. The van der Waals surface area contributed by atoms with E-state index in [0.29, 0.717) is 32.4 Å². The number of aryl methyl sites for hydroxylation is 3. The lowest BCUT2D eigenvalue weighted by Gasteiger charge is -2.42. The molecule has 0 saturated carbocycles. The quantitative estimate of drug-likeness (QED) is 0.428. The number of para-hydroxylation sites is 2. The van der Waals surface area contributed by atoms with Crippen LogP contribution in [0.15, 0.2) is 48.7 Å². The number of likely N-dealkylation sites (N-methyl/N-ethyl adjacent to an activating group) is 1. The van der Waals surface area contributed by atoms with Crippen LogP contribution in [-0.4, -0.2) is 67.7 Å². The van der Waals surface area contributed by atoms with Gasteiger partial charge >= 0.3 is 0 Å². The molecule has 5 rings (SSSR count). The number of hydrogen-bond donors (Lipinski definition) is 1. The molecule has 0 radical (unpaired) electrons. The van der Waals surface area contributed by atoms with Crippen LogP contribution < -0.4 is 4.90 Å². The van der Waals surface area contributed by atoms with Crippen LogP contribution in [0.1, 0.15) is 37.7 Å². The third-order valence-corrected chi connectivity index (χ3v) is 7.17. The Morgan fingerprint density at radius 1 is 1.14 bits per heavy atom. The van der Waals surface area contributed by atoms with E-state index in [4.69, 9.17) is 9.97 Å². The van der Waals surface area contributed by atoms with Crippen LogP contribution >= 0.6 is 0 Å². The molecule has 36 heavy (non-hydrogen) atoms. The van der Waals surface area contributed by atoms with E-state index in [1.165, 1.54) is 0 Å². The lowest BCUT2D eigenvalue weighted by Crippen LogP contribution is -2.54. The van der Waals surface area contributed by atoms with Crippen molar-refractivity contribution < 1.29 is 9.90 Å². The van der Waals surface area contributed by atoms with Gasteiger partial charge in [-0.2, -0.15) is 0 Å². The predicted molar refractivity (Wildman–Crippen MR) is 142 cm³/mol. The van der Waals surface area contributed by atoms with E-state index in [1.54, 1.807) is 18.1 Å². The van der Waals surface area contributed by atoms with E-state index in [-0.39, 0.29) is 5.91 Å². The summed E-state index contributed by atoms with van der Waals surface area (Å²) in [6.45, 7) is 6.46. The number of benzene rings is 1. The number of carbonyl (C=O) groups excluding carboxylic acids is 1. The number of aliphatic hydroxyl groups is 1. The van der Waals surface area contributed by atoms with Gasteiger partial charge in [-0.15, -0.1) is 0 Å². The Morgan fingerprint density at radius 3 is 2.81 bits per heavy atom. The molecule has 1 aliphatic heterocycles. The van der Waals surface area contributed by atoms with Gasteiger partial charge in [0.15, 0.2) is 0 Å². The van der Waals surface area contributed by atoms with E-state index in [2.05, 4.69) is 27.4 Å². The zero-order valence-electron chi connectivity index (χ0n) is 21.3. The Hall–Kier alpha value is -3.52. The van der Waals surface area contributed by atoms with E-state index in [0.717, 1.165) is 58.8 Å². The minimum atomic E-state index is -0.987. The topological polar surface area (TPSA) is 87.4 Å². The number of carbonyl (C=O) groups is 1. The number of imidazole rings is 1. The highest BCUT2D eigenvalue weighted by molar-refractivity contribution is 5.88. The van der Waals surface area contributed by atoms with Crippen LogP contribution in [0.25, 0.3) is 22.1 Å². The van der Waals surface area contributed by atoms with Gasteiger partial charge in [-0.25, -0.2) is 9.97 Å². The van der Waals surface area contributed by atoms with Crippen molar-refractivity contribution in [2.75, 3.05) is 31.6 Å². The highest BCUT2D eigenvalue weighted by Gasteiger charge is 2.36. The summed E-state index contributed by atoms with van der Waals surface area (Å²) < 4.78 is 2.17. The van der Waals surface area contributed by atoms with Gasteiger partial charge in [0, 0.05) is 51.4 Å². The lowest BCUT2D eigenvalue weighted by atomic mass is 9.91. The van der Waals surface area contributed by atoms with Gasteiger partial charge < -0.3 is 19.5 Å². The van der Waals surface area contributed by atoms with Gasteiger partial charge in [0.1, 0.15) is 11.3 Å². The van der Waals surface area contributed by atoms with Crippen molar-refractivity contribution in [2.45, 2.75) is 51.7 Å². The Balaban J connectivity index is 1.26. The largest absolute Gasteiger partial charge is 0.386 e. The van der Waals surface area contributed by atoms with Crippen LogP contribution in [-0.2, 0) is 17.8 Å². The molecule has 1 aliphatic rings. The lowest BCUT2D eigenvalue weighted by molar-refractivity contribution is -0.133. The second-order valence-corrected chi connectivity index (χ2v) is 9.91. The molecule has 0 bridgehead atoms. The second kappa shape index (κ2) is 9.85. The summed E-state index contributed by atoms with van der Waals surface area (Å²) in [5, 5.41) is 11.5. The molecule has 8 nitrogen and oxygen atoms in total. The Morgan fingerprint density at radius 2 is 1.97 bits per heavy atom. The average Bonchev–Trinajstić information content (AvgIpc) is 3.24. The molecule has 188 valence electrons. The average molecular weight is 487 g/mol. The van der Waals surface area contributed by atoms with Gasteiger partial charge in [0.05, 0.1) is 34.4 Å². The number of amides is 1. The molecular formula is C28H34N6O2. The van der Waals surface area contributed by atoms with Crippen molar-refractivity contribution in [1.29, 1.82) is 0 Å². The maximum atomic E-state index is 13.1. The summed E-state index contributed by atoms with van der Waals surface area (Å²) in [4.78, 5) is 30.8. The summed E-state index contributed by atoms with van der Waals surface area (Å²) in [6, 6.07) is 14.0. The molecule has 0 unspecified atom stereocenters. The van der Waals surface area contributed by atoms with Crippen molar-refractivity contribution >= 4 is 33.7 Å². The molecule has 4 heterocycles.